The van der Waals surface area contributed by atoms with Gasteiger partial charge in [0.15, 0.2) is 5.58 Å². The Morgan fingerprint density at radius 3 is 2.74 bits per heavy atom. The molecule has 23 heavy (non-hydrogen) atoms. The summed E-state index contributed by atoms with van der Waals surface area (Å²) < 4.78 is 6.85. The van der Waals surface area contributed by atoms with Crippen molar-refractivity contribution in [2.75, 3.05) is 46.8 Å². The number of piperazine rings is 1. The molecular formula is C16H22N4O3. The molecule has 0 spiro atoms. The molecule has 1 aliphatic heterocycles. The van der Waals surface area contributed by atoms with Crippen LogP contribution in [0.3, 0.4) is 0 Å². The molecule has 2 aromatic rings. The summed E-state index contributed by atoms with van der Waals surface area (Å²) in [6.45, 7) is 4.29. The maximum absolute atomic E-state index is 12.6. The van der Waals surface area contributed by atoms with Gasteiger partial charge >= 0.3 is 5.76 Å². The second-order valence-corrected chi connectivity index (χ2v) is 6.05. The Labute approximate surface area is 134 Å². The zero-order chi connectivity index (χ0) is 16.4. The molecule has 1 amide bonds. The molecule has 0 unspecified atom stereocenters. The first-order chi connectivity index (χ1) is 11.1. The number of nitrogens with one attached hydrogen (secondary N) is 1. The molecule has 124 valence electrons. The van der Waals surface area contributed by atoms with Gasteiger partial charge in [-0.15, -0.1) is 0 Å². The minimum absolute atomic E-state index is 0.00112. The topological polar surface area (TPSA) is 70.7 Å². The molecule has 0 atom stereocenters. The third kappa shape index (κ3) is 3.30. The molecule has 7 nitrogen and oxygen atoms in total. The van der Waals surface area contributed by atoms with Crippen LogP contribution in [-0.4, -0.2) is 67.1 Å². The Kier molecular flexibility index (Phi) is 4.49. The number of fused-ring (bicyclic) bond motifs is 1. The Morgan fingerprint density at radius 2 is 2.04 bits per heavy atom. The maximum atomic E-state index is 12.6. The molecule has 1 aliphatic rings. The van der Waals surface area contributed by atoms with Crippen LogP contribution in [0.15, 0.2) is 27.4 Å². The summed E-state index contributed by atoms with van der Waals surface area (Å²) in [4.78, 5) is 28.4. The van der Waals surface area contributed by atoms with Gasteiger partial charge in [0, 0.05) is 44.8 Å². The van der Waals surface area contributed by atoms with Crippen LogP contribution in [-0.2, 0) is 6.54 Å². The van der Waals surface area contributed by atoms with Gasteiger partial charge in [-0.05, 0) is 32.3 Å². The minimum atomic E-state index is -0.381. The van der Waals surface area contributed by atoms with Crippen LogP contribution in [0.4, 0.5) is 0 Å². The van der Waals surface area contributed by atoms with E-state index in [2.05, 4.69) is 5.32 Å². The van der Waals surface area contributed by atoms with Crippen molar-refractivity contribution in [3.05, 3.63) is 34.3 Å². The first-order valence-electron chi connectivity index (χ1n) is 7.84. The fraction of sp³-hybridized carbons (Fsp3) is 0.500. The third-order valence-corrected chi connectivity index (χ3v) is 4.09. The summed E-state index contributed by atoms with van der Waals surface area (Å²) in [5.41, 5.74) is 1.79. The normalized spacial score (nSPS) is 15.5. The molecule has 0 radical (unpaired) electrons. The van der Waals surface area contributed by atoms with Gasteiger partial charge in [0.1, 0.15) is 0 Å². The van der Waals surface area contributed by atoms with E-state index in [4.69, 9.17) is 4.42 Å². The average Bonchev–Trinajstić information content (AvgIpc) is 2.87. The Morgan fingerprint density at radius 1 is 1.30 bits per heavy atom. The van der Waals surface area contributed by atoms with Crippen LogP contribution < -0.4 is 11.1 Å². The summed E-state index contributed by atoms with van der Waals surface area (Å²) in [6, 6.07) is 5.20. The predicted octanol–water partition coefficient (Wildman–Crippen LogP) is 0.202. The summed E-state index contributed by atoms with van der Waals surface area (Å²) in [6.07, 6.45) is 0. The van der Waals surface area contributed by atoms with E-state index in [0.29, 0.717) is 36.3 Å². The lowest BCUT2D eigenvalue weighted by molar-refractivity contribution is 0.0736. The second-order valence-electron chi connectivity index (χ2n) is 6.05. The van der Waals surface area contributed by atoms with Gasteiger partial charge in [-0.25, -0.2) is 4.79 Å². The standard InChI is InChI=1S/C16H22N4O3/c1-18(2)9-10-20-13-11-12(3-4-14(13)23-16(20)22)15(21)19-7-5-17-6-8-19/h3-4,11,17H,5-10H2,1-2H3. The van der Waals surface area contributed by atoms with Crippen LogP contribution in [0.5, 0.6) is 0 Å². The summed E-state index contributed by atoms with van der Waals surface area (Å²) in [7, 11) is 3.90. The molecule has 1 N–H and O–H groups in total. The molecule has 0 saturated carbocycles. The van der Waals surface area contributed by atoms with E-state index in [9.17, 15) is 9.59 Å². The van der Waals surface area contributed by atoms with Crippen LogP contribution in [0.25, 0.3) is 11.1 Å². The number of hydrogen-bond donors (Lipinski definition) is 1. The molecule has 1 saturated heterocycles. The average molecular weight is 318 g/mol. The van der Waals surface area contributed by atoms with Crippen molar-refractivity contribution in [3.8, 4) is 0 Å². The molecule has 3 rings (SSSR count). The van der Waals surface area contributed by atoms with Gasteiger partial charge in [0.25, 0.3) is 5.91 Å². The fourth-order valence-electron chi connectivity index (χ4n) is 2.76. The lowest BCUT2D eigenvalue weighted by Crippen LogP contribution is -2.46. The number of hydrogen-bond acceptors (Lipinski definition) is 5. The highest BCUT2D eigenvalue weighted by Gasteiger charge is 2.19. The fourth-order valence-corrected chi connectivity index (χ4v) is 2.76. The number of oxazole rings is 1. The highest BCUT2D eigenvalue weighted by molar-refractivity contribution is 5.97. The van der Waals surface area contributed by atoms with Crippen molar-refractivity contribution in [2.24, 2.45) is 0 Å². The number of carbonyl (C=O) groups is 1. The third-order valence-electron chi connectivity index (χ3n) is 4.09. The van der Waals surface area contributed by atoms with Crippen LogP contribution >= 0.6 is 0 Å². The number of nitrogens with zero attached hydrogens (tertiary/aromatic N) is 3. The molecule has 2 heterocycles. The van der Waals surface area contributed by atoms with Gasteiger partial charge in [0.05, 0.1) is 5.52 Å². The van der Waals surface area contributed by atoms with Gasteiger partial charge < -0.3 is 19.5 Å². The van der Waals surface area contributed by atoms with E-state index < -0.39 is 0 Å². The van der Waals surface area contributed by atoms with Crippen LogP contribution in [0, 0.1) is 0 Å². The van der Waals surface area contributed by atoms with Crippen LogP contribution in [0.1, 0.15) is 10.4 Å². The number of amides is 1. The van der Waals surface area contributed by atoms with Gasteiger partial charge in [0.2, 0.25) is 0 Å². The van der Waals surface area contributed by atoms with Crippen molar-refractivity contribution in [1.29, 1.82) is 0 Å². The van der Waals surface area contributed by atoms with Crippen molar-refractivity contribution < 1.29 is 9.21 Å². The number of likely N-dealkylation sites (N-methyl/N-ethyl adjacent to an activating group) is 1. The Bertz CT molecular complexity index is 756. The van der Waals surface area contributed by atoms with Crippen LogP contribution in [0.2, 0.25) is 0 Å². The van der Waals surface area contributed by atoms with Crippen molar-refractivity contribution >= 4 is 17.0 Å². The molecule has 7 heteroatoms. The molecule has 1 fully saturated rings. The van der Waals surface area contributed by atoms with E-state index in [1.807, 2.05) is 23.9 Å². The molecular weight excluding hydrogens is 296 g/mol. The Hall–Kier alpha value is -2.12. The SMILES string of the molecule is CN(C)CCn1c(=O)oc2ccc(C(=O)N3CCNCC3)cc21. The van der Waals surface area contributed by atoms with E-state index in [1.54, 1.807) is 22.8 Å². The quantitative estimate of drug-likeness (QED) is 0.872. The highest BCUT2D eigenvalue weighted by Crippen LogP contribution is 2.17. The molecule has 1 aromatic carbocycles. The lowest BCUT2D eigenvalue weighted by atomic mass is 10.1. The Balaban J connectivity index is 1.92. The molecule has 1 aromatic heterocycles. The zero-order valence-electron chi connectivity index (χ0n) is 13.5. The monoisotopic (exact) mass is 318 g/mol. The lowest BCUT2D eigenvalue weighted by Gasteiger charge is -2.27. The maximum Gasteiger partial charge on any atom is 0.419 e. The van der Waals surface area contributed by atoms with Gasteiger partial charge in [-0.2, -0.15) is 0 Å². The number of carbonyl (C=O) groups excluding carboxylic acids is 1. The molecule has 0 aliphatic carbocycles. The number of rotatable bonds is 4. The predicted molar refractivity (Wildman–Crippen MR) is 87.8 cm³/mol. The van der Waals surface area contributed by atoms with E-state index in [1.165, 1.54) is 0 Å². The zero-order valence-corrected chi connectivity index (χ0v) is 13.5. The van der Waals surface area contributed by atoms with E-state index in [-0.39, 0.29) is 11.7 Å². The van der Waals surface area contributed by atoms with Gasteiger partial charge in [-0.3, -0.25) is 9.36 Å². The van der Waals surface area contributed by atoms with E-state index in [0.717, 1.165) is 19.6 Å². The summed E-state index contributed by atoms with van der Waals surface area (Å²) in [5.74, 6) is -0.380. The van der Waals surface area contributed by atoms with Gasteiger partial charge in [-0.1, -0.05) is 0 Å². The van der Waals surface area contributed by atoms with Crippen molar-refractivity contribution in [1.82, 2.24) is 19.7 Å². The largest absolute Gasteiger partial charge is 0.419 e. The summed E-state index contributed by atoms with van der Waals surface area (Å²) >= 11 is 0. The second kappa shape index (κ2) is 6.55. The number of aromatic nitrogens is 1. The van der Waals surface area contributed by atoms with Crippen molar-refractivity contribution in [3.63, 3.8) is 0 Å². The number of benzene rings is 1. The smallest absolute Gasteiger partial charge is 0.408 e. The highest BCUT2D eigenvalue weighted by atomic mass is 16.4. The first-order valence-corrected chi connectivity index (χ1v) is 7.84. The van der Waals surface area contributed by atoms with E-state index >= 15 is 0 Å². The first kappa shape index (κ1) is 15.8. The summed E-state index contributed by atoms with van der Waals surface area (Å²) in [5, 5.41) is 3.23. The minimum Gasteiger partial charge on any atom is -0.408 e. The van der Waals surface area contributed by atoms with Crippen molar-refractivity contribution in [2.45, 2.75) is 6.54 Å². The molecule has 0 bridgehead atoms.